The molecule has 0 aliphatic carbocycles. The maximum Gasteiger partial charge on any atom is 0.0499 e. The number of benzene rings is 3. The fraction of sp³-hybridized carbons (Fsp3) is 0.240. The standard InChI is InChI=1S/C13H14.C10H8ClN.C2H6/c1-10(2)12-9-5-7-11-6-3-4-8-13(11)12;1-7-5-12-6-9-8(7)3-2-4-10(9)11;1-2/h3-10H,1-2H3;2-6H,1H3;1-2H3. The molecule has 140 valence electrons. The van der Waals surface area contributed by atoms with Crippen LogP contribution in [0.15, 0.2) is 73.1 Å². The fourth-order valence-electron chi connectivity index (χ4n) is 3.06. The van der Waals surface area contributed by atoms with E-state index in [0.717, 1.165) is 16.0 Å². The SMILES string of the molecule is CC.CC(C)c1cccc2ccccc12.Cc1cncc2c(Cl)cccc12. The lowest BCUT2D eigenvalue weighted by molar-refractivity contribution is 0.876. The number of pyridine rings is 1. The van der Waals surface area contributed by atoms with Crippen LogP contribution < -0.4 is 0 Å². The van der Waals surface area contributed by atoms with E-state index in [1.807, 2.05) is 39.1 Å². The lowest BCUT2D eigenvalue weighted by atomic mass is 9.96. The Morgan fingerprint density at radius 3 is 2.07 bits per heavy atom. The predicted octanol–water partition coefficient (Wildman–Crippen LogP) is 8.19. The number of nitrogens with zero attached hydrogens (tertiary/aromatic N) is 1. The van der Waals surface area contributed by atoms with Crippen molar-refractivity contribution in [3.8, 4) is 0 Å². The van der Waals surface area contributed by atoms with E-state index in [1.165, 1.54) is 21.7 Å². The van der Waals surface area contributed by atoms with Crippen LogP contribution in [0.1, 0.15) is 44.7 Å². The highest BCUT2D eigenvalue weighted by Crippen LogP contribution is 2.25. The van der Waals surface area contributed by atoms with Gasteiger partial charge in [0.15, 0.2) is 0 Å². The van der Waals surface area contributed by atoms with Crippen LogP contribution in [0.2, 0.25) is 5.02 Å². The number of aromatic nitrogens is 1. The summed E-state index contributed by atoms with van der Waals surface area (Å²) in [7, 11) is 0. The number of fused-ring (bicyclic) bond motifs is 2. The van der Waals surface area contributed by atoms with Crippen molar-refractivity contribution in [3.05, 3.63) is 89.2 Å². The third kappa shape index (κ3) is 5.08. The van der Waals surface area contributed by atoms with E-state index >= 15 is 0 Å². The topological polar surface area (TPSA) is 12.9 Å². The Balaban J connectivity index is 0.000000178. The summed E-state index contributed by atoms with van der Waals surface area (Å²) >= 11 is 5.99. The molecule has 3 aromatic carbocycles. The molecule has 1 nitrogen and oxygen atoms in total. The van der Waals surface area contributed by atoms with Crippen LogP contribution in [0.5, 0.6) is 0 Å². The Bertz CT molecular complexity index is 959. The van der Waals surface area contributed by atoms with Gasteiger partial charge in [-0.25, -0.2) is 0 Å². The smallest absolute Gasteiger partial charge is 0.0499 e. The van der Waals surface area contributed by atoms with Gasteiger partial charge < -0.3 is 0 Å². The van der Waals surface area contributed by atoms with E-state index < -0.39 is 0 Å². The molecule has 0 spiro atoms. The molecule has 4 aromatic rings. The number of hydrogen-bond acceptors (Lipinski definition) is 1. The molecule has 0 fully saturated rings. The van der Waals surface area contributed by atoms with Crippen molar-refractivity contribution in [3.63, 3.8) is 0 Å². The summed E-state index contributed by atoms with van der Waals surface area (Å²) < 4.78 is 0. The van der Waals surface area contributed by atoms with Gasteiger partial charge >= 0.3 is 0 Å². The van der Waals surface area contributed by atoms with Gasteiger partial charge in [0.25, 0.3) is 0 Å². The molecule has 0 aliphatic rings. The van der Waals surface area contributed by atoms with E-state index in [9.17, 15) is 0 Å². The molecule has 0 radical (unpaired) electrons. The lowest BCUT2D eigenvalue weighted by Gasteiger charge is -2.08. The molecule has 27 heavy (non-hydrogen) atoms. The van der Waals surface area contributed by atoms with Crippen molar-refractivity contribution in [2.45, 2.75) is 40.5 Å². The van der Waals surface area contributed by atoms with Crippen molar-refractivity contribution in [1.82, 2.24) is 4.98 Å². The molecular formula is C25H28ClN. The Kier molecular flexibility index (Phi) is 7.82. The van der Waals surface area contributed by atoms with Crippen LogP contribution in [0.25, 0.3) is 21.5 Å². The van der Waals surface area contributed by atoms with E-state index in [1.54, 1.807) is 6.20 Å². The first-order valence-electron chi connectivity index (χ1n) is 9.54. The van der Waals surface area contributed by atoms with Crippen LogP contribution in [0.4, 0.5) is 0 Å². The second kappa shape index (κ2) is 10.1. The highest BCUT2D eigenvalue weighted by molar-refractivity contribution is 6.35. The highest BCUT2D eigenvalue weighted by atomic mass is 35.5. The van der Waals surface area contributed by atoms with Crippen molar-refractivity contribution in [2.24, 2.45) is 0 Å². The third-order valence-electron chi connectivity index (χ3n) is 4.39. The zero-order chi connectivity index (χ0) is 19.8. The summed E-state index contributed by atoms with van der Waals surface area (Å²) in [6.45, 7) is 10.5. The molecule has 0 bridgehead atoms. The van der Waals surface area contributed by atoms with Gasteiger partial charge in [0, 0.05) is 22.8 Å². The Morgan fingerprint density at radius 1 is 0.741 bits per heavy atom. The zero-order valence-electron chi connectivity index (χ0n) is 16.8. The molecule has 0 N–H and O–H groups in total. The van der Waals surface area contributed by atoms with Crippen LogP contribution in [0.3, 0.4) is 0 Å². The molecule has 1 heterocycles. The van der Waals surface area contributed by atoms with Gasteiger partial charge in [-0.2, -0.15) is 0 Å². The van der Waals surface area contributed by atoms with Crippen LogP contribution >= 0.6 is 11.6 Å². The van der Waals surface area contributed by atoms with Gasteiger partial charge in [-0.3, -0.25) is 4.98 Å². The maximum absolute atomic E-state index is 5.99. The summed E-state index contributed by atoms with van der Waals surface area (Å²) in [4.78, 5) is 4.09. The van der Waals surface area contributed by atoms with E-state index in [2.05, 4.69) is 67.4 Å². The zero-order valence-corrected chi connectivity index (χ0v) is 17.6. The predicted molar refractivity (Wildman–Crippen MR) is 121 cm³/mol. The molecule has 0 saturated heterocycles. The first-order valence-corrected chi connectivity index (χ1v) is 9.92. The van der Waals surface area contributed by atoms with Crippen LogP contribution in [-0.4, -0.2) is 4.98 Å². The largest absolute Gasteiger partial charge is 0.264 e. The van der Waals surface area contributed by atoms with E-state index in [0.29, 0.717) is 5.92 Å². The Labute approximate surface area is 168 Å². The minimum absolute atomic E-state index is 0.603. The Morgan fingerprint density at radius 2 is 1.37 bits per heavy atom. The normalized spacial score (nSPS) is 10.2. The number of hydrogen-bond donors (Lipinski definition) is 0. The molecule has 2 heteroatoms. The summed E-state index contributed by atoms with van der Waals surface area (Å²) in [6, 6.07) is 21.0. The quantitative estimate of drug-likeness (QED) is 0.325. The maximum atomic E-state index is 5.99. The van der Waals surface area contributed by atoms with Crippen molar-refractivity contribution in [2.75, 3.05) is 0 Å². The van der Waals surface area contributed by atoms with Gasteiger partial charge in [-0.1, -0.05) is 93.9 Å². The van der Waals surface area contributed by atoms with Gasteiger partial charge in [-0.05, 0) is 46.2 Å². The summed E-state index contributed by atoms with van der Waals surface area (Å²) in [5, 5.41) is 5.70. The second-order valence-corrected chi connectivity index (χ2v) is 6.92. The summed E-state index contributed by atoms with van der Waals surface area (Å²) in [5.41, 5.74) is 2.60. The average Bonchev–Trinajstić information content (AvgIpc) is 2.70. The van der Waals surface area contributed by atoms with Crippen molar-refractivity contribution < 1.29 is 0 Å². The van der Waals surface area contributed by atoms with Gasteiger partial charge in [0.1, 0.15) is 0 Å². The molecule has 0 amide bonds. The number of rotatable bonds is 1. The van der Waals surface area contributed by atoms with E-state index in [-0.39, 0.29) is 0 Å². The van der Waals surface area contributed by atoms with Crippen LogP contribution in [0, 0.1) is 6.92 Å². The van der Waals surface area contributed by atoms with Gasteiger partial charge in [0.2, 0.25) is 0 Å². The molecule has 0 atom stereocenters. The minimum Gasteiger partial charge on any atom is -0.264 e. The lowest BCUT2D eigenvalue weighted by Crippen LogP contribution is -1.88. The first-order chi connectivity index (χ1) is 13.1. The van der Waals surface area contributed by atoms with Gasteiger partial charge in [-0.15, -0.1) is 0 Å². The monoisotopic (exact) mass is 377 g/mol. The minimum atomic E-state index is 0.603. The molecule has 0 unspecified atom stereocenters. The summed E-state index contributed by atoms with van der Waals surface area (Å²) in [5.74, 6) is 0.603. The molecule has 0 saturated carbocycles. The fourth-order valence-corrected chi connectivity index (χ4v) is 3.28. The third-order valence-corrected chi connectivity index (χ3v) is 4.72. The number of halogens is 1. The first kappa shape index (κ1) is 20.9. The Hall–Kier alpha value is -2.38. The molecule has 0 aliphatic heterocycles. The summed E-state index contributed by atoms with van der Waals surface area (Å²) in [6.07, 6.45) is 3.64. The van der Waals surface area contributed by atoms with Crippen molar-refractivity contribution in [1.29, 1.82) is 0 Å². The van der Waals surface area contributed by atoms with E-state index in [4.69, 9.17) is 11.6 Å². The van der Waals surface area contributed by atoms with Crippen molar-refractivity contribution >= 4 is 33.1 Å². The second-order valence-electron chi connectivity index (χ2n) is 6.51. The average molecular weight is 378 g/mol. The van der Waals surface area contributed by atoms with Gasteiger partial charge in [0.05, 0.1) is 0 Å². The highest BCUT2D eigenvalue weighted by Gasteiger charge is 2.02. The molecular weight excluding hydrogens is 350 g/mol. The number of aryl methyl sites for hydroxylation is 1. The van der Waals surface area contributed by atoms with Crippen LogP contribution in [-0.2, 0) is 0 Å². The molecule has 1 aromatic heterocycles. The molecule has 4 rings (SSSR count).